The maximum atomic E-state index is 13.2. The second-order valence-corrected chi connectivity index (χ2v) is 6.27. The van der Waals surface area contributed by atoms with Crippen LogP contribution in [0.5, 0.6) is 5.75 Å². The first kappa shape index (κ1) is 19.4. The van der Waals surface area contributed by atoms with Crippen molar-refractivity contribution < 1.29 is 14.3 Å². The number of ether oxygens (including phenoxy) is 1. The van der Waals surface area contributed by atoms with Crippen molar-refractivity contribution in [2.45, 2.75) is 13.8 Å². The summed E-state index contributed by atoms with van der Waals surface area (Å²) in [5.41, 5.74) is 2.35. The van der Waals surface area contributed by atoms with Crippen LogP contribution in [0.1, 0.15) is 19.4 Å². The molecule has 0 N–H and O–H groups in total. The lowest BCUT2D eigenvalue weighted by Gasteiger charge is -2.24. The van der Waals surface area contributed by atoms with E-state index in [1.54, 1.807) is 6.08 Å². The standard InChI is InChI=1S/C23H24N2O3/c1-4-16-25-22(26)20(17-12-14-19(15-13-17)28-6-3)21(23(25)27)24(5-2)18-10-8-7-9-11-18/h4,7-15H,1,5-6,16H2,2-3H3. The molecule has 2 aromatic rings. The van der Waals surface area contributed by atoms with Gasteiger partial charge in [-0.05, 0) is 43.7 Å². The van der Waals surface area contributed by atoms with Gasteiger partial charge in [0.05, 0.1) is 12.2 Å². The number of nitrogens with zero attached hydrogens (tertiary/aromatic N) is 2. The number of para-hydroxylation sites is 1. The van der Waals surface area contributed by atoms with Gasteiger partial charge in [0.15, 0.2) is 0 Å². The molecule has 0 radical (unpaired) electrons. The van der Waals surface area contributed by atoms with Crippen LogP contribution >= 0.6 is 0 Å². The number of carbonyl (C=O) groups excluding carboxylic acids is 2. The molecule has 28 heavy (non-hydrogen) atoms. The van der Waals surface area contributed by atoms with E-state index >= 15 is 0 Å². The van der Waals surface area contributed by atoms with Crippen LogP contribution in [0.4, 0.5) is 5.69 Å². The Labute approximate surface area is 165 Å². The first-order valence-corrected chi connectivity index (χ1v) is 9.39. The first-order valence-electron chi connectivity index (χ1n) is 9.39. The second-order valence-electron chi connectivity index (χ2n) is 6.27. The Morgan fingerprint density at radius 2 is 1.68 bits per heavy atom. The van der Waals surface area contributed by atoms with Gasteiger partial charge in [0.1, 0.15) is 11.4 Å². The molecule has 1 heterocycles. The van der Waals surface area contributed by atoms with Gasteiger partial charge in [-0.2, -0.15) is 0 Å². The highest BCUT2D eigenvalue weighted by Gasteiger charge is 2.41. The van der Waals surface area contributed by atoms with Gasteiger partial charge in [-0.3, -0.25) is 14.5 Å². The zero-order valence-corrected chi connectivity index (χ0v) is 16.2. The summed E-state index contributed by atoms with van der Waals surface area (Å²) < 4.78 is 5.49. The van der Waals surface area contributed by atoms with E-state index in [2.05, 4.69) is 6.58 Å². The summed E-state index contributed by atoms with van der Waals surface area (Å²) in [7, 11) is 0. The molecule has 0 atom stereocenters. The molecule has 0 spiro atoms. The lowest BCUT2D eigenvalue weighted by Crippen LogP contribution is -2.35. The van der Waals surface area contributed by atoms with Gasteiger partial charge in [-0.1, -0.05) is 36.4 Å². The van der Waals surface area contributed by atoms with Crippen molar-refractivity contribution in [1.82, 2.24) is 4.90 Å². The molecule has 0 aromatic heterocycles. The third-order valence-corrected chi connectivity index (χ3v) is 4.56. The number of carbonyl (C=O) groups is 2. The number of rotatable bonds is 8. The van der Waals surface area contributed by atoms with Crippen LogP contribution in [0.25, 0.3) is 5.57 Å². The smallest absolute Gasteiger partial charge is 0.278 e. The molecule has 3 rings (SSSR count). The van der Waals surface area contributed by atoms with Crippen LogP contribution in [0.2, 0.25) is 0 Å². The maximum Gasteiger partial charge on any atom is 0.278 e. The SMILES string of the molecule is C=CCN1C(=O)C(c2ccc(OCC)cc2)=C(N(CC)c2ccccc2)C1=O. The summed E-state index contributed by atoms with van der Waals surface area (Å²) in [6.45, 7) is 8.85. The summed E-state index contributed by atoms with van der Waals surface area (Å²) in [5, 5.41) is 0. The number of hydrogen-bond donors (Lipinski definition) is 0. The topological polar surface area (TPSA) is 49.9 Å². The molecule has 5 nitrogen and oxygen atoms in total. The molecule has 1 aliphatic rings. The third kappa shape index (κ3) is 3.56. The zero-order chi connectivity index (χ0) is 20.1. The Morgan fingerprint density at radius 1 is 1.00 bits per heavy atom. The van der Waals surface area contributed by atoms with Crippen LogP contribution < -0.4 is 9.64 Å². The van der Waals surface area contributed by atoms with Crippen molar-refractivity contribution in [3.05, 3.63) is 78.5 Å². The van der Waals surface area contributed by atoms with Gasteiger partial charge < -0.3 is 9.64 Å². The van der Waals surface area contributed by atoms with Gasteiger partial charge in [0.2, 0.25) is 0 Å². The lowest BCUT2D eigenvalue weighted by molar-refractivity contribution is -0.136. The van der Waals surface area contributed by atoms with Crippen molar-refractivity contribution >= 4 is 23.1 Å². The van der Waals surface area contributed by atoms with Crippen molar-refractivity contribution in [2.24, 2.45) is 0 Å². The fraction of sp³-hybridized carbons (Fsp3) is 0.217. The number of imide groups is 1. The van der Waals surface area contributed by atoms with Crippen molar-refractivity contribution in [3.8, 4) is 5.75 Å². The van der Waals surface area contributed by atoms with Crippen molar-refractivity contribution in [2.75, 3.05) is 24.6 Å². The van der Waals surface area contributed by atoms with Crippen LogP contribution in [0.15, 0.2) is 72.9 Å². The Bertz CT molecular complexity index is 901. The van der Waals surface area contributed by atoms with E-state index in [0.29, 0.717) is 30.0 Å². The van der Waals surface area contributed by atoms with E-state index in [0.717, 1.165) is 11.4 Å². The second kappa shape index (κ2) is 8.57. The average Bonchev–Trinajstić information content (AvgIpc) is 2.96. The summed E-state index contributed by atoms with van der Waals surface area (Å²) in [6, 6.07) is 16.9. The molecule has 0 saturated heterocycles. The Kier molecular flexibility index (Phi) is 5.94. The van der Waals surface area contributed by atoms with Gasteiger partial charge in [0, 0.05) is 18.8 Å². The molecule has 0 unspecified atom stereocenters. The van der Waals surface area contributed by atoms with Gasteiger partial charge >= 0.3 is 0 Å². The van der Waals surface area contributed by atoms with E-state index < -0.39 is 0 Å². The number of hydrogen-bond acceptors (Lipinski definition) is 4. The van der Waals surface area contributed by atoms with E-state index in [1.165, 1.54) is 4.90 Å². The van der Waals surface area contributed by atoms with Crippen molar-refractivity contribution in [1.29, 1.82) is 0 Å². The van der Waals surface area contributed by atoms with Gasteiger partial charge in [-0.25, -0.2) is 0 Å². The molecule has 5 heteroatoms. The van der Waals surface area contributed by atoms with E-state index in [1.807, 2.05) is 73.3 Å². The van der Waals surface area contributed by atoms with E-state index in [4.69, 9.17) is 4.74 Å². The highest BCUT2D eigenvalue weighted by molar-refractivity contribution is 6.36. The molecule has 0 fully saturated rings. The largest absolute Gasteiger partial charge is 0.494 e. The van der Waals surface area contributed by atoms with Crippen LogP contribution in [0, 0.1) is 0 Å². The fourth-order valence-electron chi connectivity index (χ4n) is 3.33. The third-order valence-electron chi connectivity index (χ3n) is 4.56. The number of anilines is 1. The Balaban J connectivity index is 2.14. The predicted molar refractivity (Wildman–Crippen MR) is 111 cm³/mol. The minimum atomic E-state index is -0.307. The molecule has 144 valence electrons. The minimum Gasteiger partial charge on any atom is -0.494 e. The first-order chi connectivity index (χ1) is 13.6. The molecule has 2 amide bonds. The molecular weight excluding hydrogens is 352 g/mol. The maximum absolute atomic E-state index is 13.2. The quantitative estimate of drug-likeness (QED) is 0.518. The minimum absolute atomic E-state index is 0.175. The average molecular weight is 376 g/mol. The van der Waals surface area contributed by atoms with Crippen molar-refractivity contribution in [3.63, 3.8) is 0 Å². The van der Waals surface area contributed by atoms with Crippen LogP contribution in [-0.2, 0) is 9.59 Å². The lowest BCUT2D eigenvalue weighted by atomic mass is 10.0. The molecule has 0 saturated carbocycles. The monoisotopic (exact) mass is 376 g/mol. The Morgan fingerprint density at radius 3 is 2.25 bits per heavy atom. The zero-order valence-electron chi connectivity index (χ0n) is 16.2. The summed E-state index contributed by atoms with van der Waals surface area (Å²) in [5.74, 6) is 0.112. The molecule has 0 bridgehead atoms. The summed E-state index contributed by atoms with van der Waals surface area (Å²) >= 11 is 0. The van der Waals surface area contributed by atoms with Gasteiger partial charge in [0.25, 0.3) is 11.8 Å². The number of amides is 2. The number of benzene rings is 2. The van der Waals surface area contributed by atoms with E-state index in [-0.39, 0.29) is 18.4 Å². The van der Waals surface area contributed by atoms with E-state index in [9.17, 15) is 9.59 Å². The Hall–Kier alpha value is -3.34. The normalized spacial score (nSPS) is 13.9. The number of likely N-dealkylation sites (N-methyl/N-ethyl adjacent to an activating group) is 1. The molecular formula is C23H24N2O3. The van der Waals surface area contributed by atoms with Crippen LogP contribution in [0.3, 0.4) is 0 Å². The molecule has 1 aliphatic heterocycles. The fourth-order valence-corrected chi connectivity index (χ4v) is 3.33. The molecule has 2 aromatic carbocycles. The highest BCUT2D eigenvalue weighted by atomic mass is 16.5. The van der Waals surface area contributed by atoms with Gasteiger partial charge in [-0.15, -0.1) is 6.58 Å². The summed E-state index contributed by atoms with van der Waals surface area (Å²) in [6.07, 6.45) is 1.56. The highest BCUT2D eigenvalue weighted by Crippen LogP contribution is 2.34. The van der Waals surface area contributed by atoms with Crippen LogP contribution in [-0.4, -0.2) is 36.4 Å². The molecule has 0 aliphatic carbocycles. The summed E-state index contributed by atoms with van der Waals surface area (Å²) in [4.78, 5) is 29.4. The predicted octanol–water partition coefficient (Wildman–Crippen LogP) is 3.88.